The summed E-state index contributed by atoms with van der Waals surface area (Å²) in [5.41, 5.74) is 1.80. The van der Waals surface area contributed by atoms with Crippen LogP contribution < -0.4 is 4.74 Å². The number of benzene rings is 2. The molecule has 0 aliphatic heterocycles. The number of carbonyl (C=O) groups excluding carboxylic acids is 2. The number of esters is 1. The molecule has 2 aromatic carbocycles. The molecule has 0 saturated heterocycles. The number of rotatable bonds is 6. The maximum Gasteiger partial charge on any atom is 0.318 e. The van der Waals surface area contributed by atoms with Crippen LogP contribution in [0, 0.1) is 11.3 Å². The van der Waals surface area contributed by atoms with Crippen molar-refractivity contribution in [2.24, 2.45) is 0 Å². The Labute approximate surface area is 146 Å². The van der Waals surface area contributed by atoms with Crippen molar-refractivity contribution in [3.63, 3.8) is 0 Å². The minimum absolute atomic E-state index is 0.270. The molecule has 0 saturated carbocycles. The molecule has 0 spiro atoms. The summed E-state index contributed by atoms with van der Waals surface area (Å²) in [6, 6.07) is 16.1. The van der Waals surface area contributed by atoms with E-state index >= 15 is 0 Å². The number of ketones is 1. The molecule has 0 heterocycles. The zero-order valence-electron chi connectivity index (χ0n) is 14.0. The molecule has 5 heteroatoms. The predicted octanol–water partition coefficient (Wildman–Crippen LogP) is 3.59. The normalized spacial score (nSPS) is 10.7. The zero-order chi connectivity index (χ0) is 18.2. The van der Waals surface area contributed by atoms with Crippen molar-refractivity contribution in [2.75, 3.05) is 7.11 Å². The van der Waals surface area contributed by atoms with Crippen LogP contribution in [-0.2, 0) is 14.3 Å². The van der Waals surface area contributed by atoms with Crippen molar-refractivity contribution in [1.29, 1.82) is 5.26 Å². The third-order valence-electron chi connectivity index (χ3n) is 3.32. The van der Waals surface area contributed by atoms with Crippen molar-refractivity contribution >= 4 is 23.6 Å². The van der Waals surface area contributed by atoms with Gasteiger partial charge in [-0.25, -0.2) is 0 Å². The summed E-state index contributed by atoms with van der Waals surface area (Å²) in [7, 11) is 1.50. The minimum Gasteiger partial charge on any atom is -0.496 e. The second kappa shape index (κ2) is 8.46. The molecule has 0 aliphatic carbocycles. The maximum atomic E-state index is 11.9. The molecule has 0 radical (unpaired) electrons. The number of ether oxygens (including phenoxy) is 2. The molecule has 0 atom stereocenters. The van der Waals surface area contributed by atoms with E-state index in [0.29, 0.717) is 28.2 Å². The highest BCUT2D eigenvalue weighted by atomic mass is 16.5. The first kappa shape index (κ1) is 18.0. The average molecular weight is 335 g/mol. The molecular weight excluding hydrogens is 318 g/mol. The fraction of sp³-hybridized carbons (Fsp3) is 0.150. The number of Topliss-reactive ketones (excluding diaryl/α,β-unsaturated/α-hetero) is 1. The van der Waals surface area contributed by atoms with Gasteiger partial charge in [-0.15, -0.1) is 0 Å². The Hall–Kier alpha value is -3.39. The van der Waals surface area contributed by atoms with Crippen molar-refractivity contribution in [1.82, 2.24) is 0 Å². The lowest BCUT2D eigenvalue weighted by molar-refractivity contribution is -0.139. The number of methoxy groups -OCH3 is 1. The lowest BCUT2D eigenvalue weighted by Gasteiger charge is -2.11. The summed E-state index contributed by atoms with van der Waals surface area (Å²) in [5.74, 6) is -0.117. The summed E-state index contributed by atoms with van der Waals surface area (Å²) in [5, 5.41) is 8.99. The average Bonchev–Trinajstić information content (AvgIpc) is 2.61. The highest BCUT2D eigenvalue weighted by molar-refractivity contribution is 5.97. The van der Waals surface area contributed by atoms with Crippen LogP contribution in [0.2, 0.25) is 0 Å². The van der Waals surface area contributed by atoms with E-state index in [-0.39, 0.29) is 12.2 Å². The molecule has 0 N–H and O–H groups in total. The van der Waals surface area contributed by atoms with Crippen molar-refractivity contribution < 1.29 is 19.1 Å². The molecule has 0 bridgehead atoms. The van der Waals surface area contributed by atoms with Crippen LogP contribution in [-0.4, -0.2) is 18.9 Å². The van der Waals surface area contributed by atoms with E-state index in [2.05, 4.69) is 0 Å². The molecule has 2 aromatic rings. The Bertz CT molecular complexity index is 848. The van der Waals surface area contributed by atoms with E-state index in [1.165, 1.54) is 14.0 Å². The summed E-state index contributed by atoms with van der Waals surface area (Å²) in [6.45, 7) is 1.33. The largest absolute Gasteiger partial charge is 0.496 e. The molecule has 0 unspecified atom stereocenters. The molecule has 2 rings (SSSR count). The third kappa shape index (κ3) is 5.05. The Kier molecular flexibility index (Phi) is 6.08. The van der Waals surface area contributed by atoms with Crippen LogP contribution in [0.5, 0.6) is 5.75 Å². The zero-order valence-corrected chi connectivity index (χ0v) is 14.0. The summed E-state index contributed by atoms with van der Waals surface area (Å²) in [4.78, 5) is 23.1. The second-order valence-corrected chi connectivity index (χ2v) is 5.30. The lowest BCUT2D eigenvalue weighted by atomic mass is 10.1. The maximum absolute atomic E-state index is 11.9. The van der Waals surface area contributed by atoms with Gasteiger partial charge in [0, 0.05) is 11.1 Å². The van der Waals surface area contributed by atoms with Gasteiger partial charge in [-0.05, 0) is 31.2 Å². The molecular formula is C20H17NO4. The monoisotopic (exact) mass is 335 g/mol. The fourth-order valence-electron chi connectivity index (χ4n) is 2.18. The van der Waals surface area contributed by atoms with Crippen molar-refractivity contribution in [3.8, 4) is 11.8 Å². The van der Waals surface area contributed by atoms with E-state index in [4.69, 9.17) is 14.7 Å². The van der Waals surface area contributed by atoms with E-state index in [1.54, 1.807) is 36.4 Å². The smallest absolute Gasteiger partial charge is 0.318 e. The first-order valence-corrected chi connectivity index (χ1v) is 7.59. The van der Waals surface area contributed by atoms with Gasteiger partial charge in [-0.3, -0.25) is 9.59 Å². The molecule has 0 fully saturated rings. The van der Waals surface area contributed by atoms with E-state index in [1.807, 2.05) is 24.3 Å². The predicted molar refractivity (Wildman–Crippen MR) is 93.4 cm³/mol. The number of nitrogens with zero attached hydrogens (tertiary/aromatic N) is 1. The number of hydrogen-bond acceptors (Lipinski definition) is 5. The second-order valence-electron chi connectivity index (χ2n) is 5.30. The van der Waals surface area contributed by atoms with Crippen molar-refractivity contribution in [2.45, 2.75) is 13.3 Å². The van der Waals surface area contributed by atoms with Gasteiger partial charge < -0.3 is 9.47 Å². The molecule has 0 aliphatic rings. The van der Waals surface area contributed by atoms with E-state index in [0.717, 1.165) is 0 Å². The molecule has 0 amide bonds. The Morgan fingerprint density at radius 1 is 1.16 bits per heavy atom. The van der Waals surface area contributed by atoms with E-state index in [9.17, 15) is 9.59 Å². The number of nitriles is 1. The van der Waals surface area contributed by atoms with Crippen LogP contribution in [0.15, 0.2) is 48.5 Å². The first-order chi connectivity index (χ1) is 12.0. The molecule has 126 valence electrons. The highest BCUT2D eigenvalue weighted by Crippen LogP contribution is 2.27. The summed E-state index contributed by atoms with van der Waals surface area (Å²) < 4.78 is 10.7. The fourth-order valence-corrected chi connectivity index (χ4v) is 2.18. The lowest BCUT2D eigenvalue weighted by Crippen LogP contribution is -2.08. The van der Waals surface area contributed by atoms with Crippen molar-refractivity contribution in [3.05, 3.63) is 65.2 Å². The van der Waals surface area contributed by atoms with Gasteiger partial charge in [-0.2, -0.15) is 5.26 Å². The van der Waals surface area contributed by atoms with Gasteiger partial charge in [0.05, 0.1) is 18.7 Å². The quantitative estimate of drug-likeness (QED) is 0.349. The summed E-state index contributed by atoms with van der Waals surface area (Å²) >= 11 is 0. The van der Waals surface area contributed by atoms with Gasteiger partial charge in [0.15, 0.2) is 0 Å². The first-order valence-electron chi connectivity index (χ1n) is 7.59. The number of carbonyl (C=O) groups is 2. The van der Waals surface area contributed by atoms with Gasteiger partial charge >= 0.3 is 5.97 Å². The van der Waals surface area contributed by atoms with Gasteiger partial charge in [0.1, 0.15) is 23.7 Å². The molecule has 0 aromatic heterocycles. The number of hydrogen-bond donors (Lipinski definition) is 0. The SMILES string of the molecule is COc1cc(C#N)ccc1C=C(OC(=O)CC(C)=O)c1ccccc1. The Morgan fingerprint density at radius 3 is 2.48 bits per heavy atom. The summed E-state index contributed by atoms with van der Waals surface area (Å²) in [6.07, 6.45) is 1.35. The van der Waals surface area contributed by atoms with Crippen LogP contribution in [0.1, 0.15) is 30.0 Å². The molecule has 25 heavy (non-hydrogen) atoms. The van der Waals surface area contributed by atoms with Gasteiger partial charge in [-0.1, -0.05) is 30.3 Å². The van der Waals surface area contributed by atoms with Crippen LogP contribution in [0.4, 0.5) is 0 Å². The third-order valence-corrected chi connectivity index (χ3v) is 3.32. The molecule has 5 nitrogen and oxygen atoms in total. The topological polar surface area (TPSA) is 76.4 Å². The van der Waals surface area contributed by atoms with Crippen LogP contribution in [0.25, 0.3) is 11.8 Å². The van der Waals surface area contributed by atoms with Crippen LogP contribution >= 0.6 is 0 Å². The Balaban J connectivity index is 2.45. The van der Waals surface area contributed by atoms with Gasteiger partial charge in [0.2, 0.25) is 0 Å². The highest BCUT2D eigenvalue weighted by Gasteiger charge is 2.13. The van der Waals surface area contributed by atoms with E-state index < -0.39 is 5.97 Å². The van der Waals surface area contributed by atoms with Crippen LogP contribution in [0.3, 0.4) is 0 Å². The van der Waals surface area contributed by atoms with Gasteiger partial charge in [0.25, 0.3) is 0 Å². The Morgan fingerprint density at radius 2 is 1.88 bits per heavy atom. The minimum atomic E-state index is -0.629. The standard InChI is InChI=1S/C20H17NO4/c1-14(22)10-20(23)25-19(16-6-4-3-5-7-16)12-17-9-8-15(13-21)11-18(17)24-2/h3-9,11-12H,10H2,1-2H3.